The summed E-state index contributed by atoms with van der Waals surface area (Å²) in [5, 5.41) is 3.43. The van der Waals surface area contributed by atoms with Crippen LogP contribution in [0.25, 0.3) is 16.7 Å². The van der Waals surface area contributed by atoms with Gasteiger partial charge in [0.15, 0.2) is 0 Å². The number of nitrogens with two attached hydrogens (primary N) is 1. The normalized spacial score (nSPS) is 15.0. The number of aromatic nitrogens is 3. The number of nitrogens with one attached hydrogen (secondary N) is 1. The molecule has 1 saturated carbocycles. The second kappa shape index (κ2) is 7.42. The van der Waals surface area contributed by atoms with Crippen LogP contribution in [0, 0.1) is 0 Å². The second-order valence-electron chi connectivity index (χ2n) is 7.23. The third-order valence-electron chi connectivity index (χ3n) is 5.36. The number of rotatable bonds is 4. The number of allylic oxidation sites excluding steroid dienone is 1. The second-order valence-corrected chi connectivity index (χ2v) is 7.23. The fraction of sp³-hybridized carbons (Fsp3) is 0.333. The molecule has 0 bridgehead atoms. The summed E-state index contributed by atoms with van der Waals surface area (Å²) in [7, 11) is 0. The van der Waals surface area contributed by atoms with E-state index in [1.807, 2.05) is 6.07 Å². The van der Waals surface area contributed by atoms with Gasteiger partial charge < -0.3 is 11.1 Å². The Bertz CT molecular complexity index is 1130. The topological polar surface area (TPSA) is 93.4 Å². The summed E-state index contributed by atoms with van der Waals surface area (Å²) < 4.78 is 3.14. The van der Waals surface area contributed by atoms with Gasteiger partial charge in [-0.1, -0.05) is 43.0 Å². The van der Waals surface area contributed by atoms with Crippen LogP contribution in [0.2, 0.25) is 0 Å². The van der Waals surface area contributed by atoms with Crippen LogP contribution in [-0.4, -0.2) is 21.3 Å². The predicted octanol–water partition coefficient (Wildman–Crippen LogP) is 1.97. The van der Waals surface area contributed by atoms with E-state index in [1.54, 1.807) is 35.0 Å². The van der Waals surface area contributed by atoms with Crippen molar-refractivity contribution in [3.63, 3.8) is 0 Å². The summed E-state index contributed by atoms with van der Waals surface area (Å²) in [6.07, 6.45) is 8.73. The monoisotopic (exact) mass is 378 g/mol. The molecule has 4 rings (SSSR count). The number of amides is 1. The van der Waals surface area contributed by atoms with Gasteiger partial charge in [-0.2, -0.15) is 0 Å². The molecule has 0 aromatic carbocycles. The Morgan fingerprint density at radius 1 is 1.36 bits per heavy atom. The number of nitrogen functional groups attached to an aromatic ring is 1. The highest BCUT2D eigenvalue weighted by Crippen LogP contribution is 2.19. The van der Waals surface area contributed by atoms with Gasteiger partial charge in [-0.05, 0) is 31.0 Å². The molecule has 3 aromatic rings. The fourth-order valence-electron chi connectivity index (χ4n) is 3.91. The molecular weight excluding hydrogens is 354 g/mol. The number of pyridine rings is 2. The van der Waals surface area contributed by atoms with Crippen molar-refractivity contribution in [1.29, 1.82) is 0 Å². The minimum atomic E-state index is -0.248. The Morgan fingerprint density at radius 3 is 2.89 bits per heavy atom. The van der Waals surface area contributed by atoms with Gasteiger partial charge in [0.2, 0.25) is 11.5 Å². The van der Waals surface area contributed by atoms with Crippen molar-refractivity contribution in [2.45, 2.75) is 44.7 Å². The molecular formula is C21H24N5O2+. The number of hydrogen-bond acceptors (Lipinski definition) is 4. The molecule has 0 saturated heterocycles. The van der Waals surface area contributed by atoms with Crippen molar-refractivity contribution in [3.05, 3.63) is 59.0 Å². The van der Waals surface area contributed by atoms with E-state index in [0.29, 0.717) is 28.8 Å². The standard InChI is InChI=1S/C21H23N5O2/c1-2-11-26-18(22)15(20(27)23-14-8-4-3-5-9-14)13-16-19(26)24-17-10-6-7-12-25(17)21(16)28/h2,6-7,10,12-14,22H,1,3-5,8-9,11H2,(H,23,27)/p+1. The molecule has 3 heterocycles. The maximum Gasteiger partial charge on any atom is 0.278 e. The zero-order valence-electron chi connectivity index (χ0n) is 15.7. The van der Waals surface area contributed by atoms with E-state index in [1.165, 1.54) is 10.8 Å². The Morgan fingerprint density at radius 2 is 2.14 bits per heavy atom. The van der Waals surface area contributed by atoms with Crippen LogP contribution in [0.1, 0.15) is 42.5 Å². The van der Waals surface area contributed by atoms with Gasteiger partial charge in [-0.3, -0.25) is 14.0 Å². The lowest BCUT2D eigenvalue weighted by molar-refractivity contribution is -0.648. The maximum absolute atomic E-state index is 13.0. The van der Waals surface area contributed by atoms with Crippen molar-refractivity contribution in [2.75, 3.05) is 5.73 Å². The van der Waals surface area contributed by atoms with Crippen molar-refractivity contribution >= 4 is 28.4 Å². The molecule has 0 aliphatic heterocycles. The number of carbonyl (C=O) groups excluding carboxylic acids is 1. The largest absolute Gasteiger partial charge is 0.349 e. The fourth-order valence-corrected chi connectivity index (χ4v) is 3.91. The van der Waals surface area contributed by atoms with Crippen LogP contribution in [0.3, 0.4) is 0 Å². The molecule has 28 heavy (non-hydrogen) atoms. The molecule has 1 aliphatic carbocycles. The lowest BCUT2D eigenvalue weighted by Crippen LogP contribution is -2.43. The van der Waals surface area contributed by atoms with E-state index >= 15 is 0 Å². The van der Waals surface area contributed by atoms with Crippen LogP contribution >= 0.6 is 0 Å². The predicted molar refractivity (Wildman–Crippen MR) is 108 cm³/mol. The van der Waals surface area contributed by atoms with Gasteiger partial charge in [0.25, 0.3) is 17.1 Å². The number of carbonyl (C=O) groups is 1. The molecule has 0 unspecified atom stereocenters. The van der Waals surface area contributed by atoms with Crippen molar-refractivity contribution < 1.29 is 9.36 Å². The Balaban J connectivity index is 1.89. The third-order valence-corrected chi connectivity index (χ3v) is 5.36. The molecule has 1 amide bonds. The van der Waals surface area contributed by atoms with Crippen molar-refractivity contribution in [3.8, 4) is 0 Å². The molecule has 0 atom stereocenters. The van der Waals surface area contributed by atoms with E-state index in [2.05, 4.69) is 16.9 Å². The van der Waals surface area contributed by atoms with E-state index in [0.717, 1.165) is 25.7 Å². The molecule has 3 aromatic heterocycles. The van der Waals surface area contributed by atoms with Gasteiger partial charge >= 0.3 is 0 Å². The minimum Gasteiger partial charge on any atom is -0.349 e. The molecule has 1 aliphatic rings. The first-order valence-corrected chi connectivity index (χ1v) is 9.65. The van der Waals surface area contributed by atoms with Gasteiger partial charge in [0.1, 0.15) is 10.9 Å². The maximum atomic E-state index is 13.0. The SMILES string of the molecule is C=CC[n+]1c(N)c(C(=O)NC2CCCCC2)cc2c(=O)n3ccccc3nc21. The summed E-state index contributed by atoms with van der Waals surface area (Å²) in [6, 6.07) is 7.07. The van der Waals surface area contributed by atoms with Crippen LogP contribution in [-0.2, 0) is 6.54 Å². The van der Waals surface area contributed by atoms with E-state index < -0.39 is 0 Å². The molecule has 3 N–H and O–H groups in total. The lowest BCUT2D eigenvalue weighted by Gasteiger charge is -2.23. The van der Waals surface area contributed by atoms with Gasteiger partial charge in [-0.15, -0.1) is 0 Å². The van der Waals surface area contributed by atoms with E-state index in [4.69, 9.17) is 5.73 Å². The zero-order valence-corrected chi connectivity index (χ0v) is 15.7. The lowest BCUT2D eigenvalue weighted by atomic mass is 9.95. The minimum absolute atomic E-state index is 0.153. The molecule has 7 heteroatoms. The number of fused-ring (bicyclic) bond motifs is 2. The van der Waals surface area contributed by atoms with Gasteiger partial charge in [0, 0.05) is 12.2 Å². The van der Waals surface area contributed by atoms with Crippen molar-refractivity contribution in [1.82, 2.24) is 14.7 Å². The van der Waals surface area contributed by atoms with Gasteiger partial charge in [-0.25, -0.2) is 4.57 Å². The first-order chi connectivity index (χ1) is 13.6. The van der Waals surface area contributed by atoms with E-state index in [-0.39, 0.29) is 23.3 Å². The van der Waals surface area contributed by atoms with Gasteiger partial charge in [0.05, 0.1) is 6.54 Å². The zero-order chi connectivity index (χ0) is 19.7. The molecule has 0 radical (unpaired) electrons. The smallest absolute Gasteiger partial charge is 0.278 e. The first-order valence-electron chi connectivity index (χ1n) is 9.65. The van der Waals surface area contributed by atoms with Crippen LogP contribution in [0.5, 0.6) is 0 Å². The summed E-state index contributed by atoms with van der Waals surface area (Å²) in [5.41, 5.74) is 7.38. The quantitative estimate of drug-likeness (QED) is 0.412. The first kappa shape index (κ1) is 18.2. The summed E-state index contributed by atoms with van der Waals surface area (Å²) >= 11 is 0. The highest BCUT2D eigenvalue weighted by Gasteiger charge is 2.25. The average Bonchev–Trinajstić information content (AvgIpc) is 2.71. The highest BCUT2D eigenvalue weighted by molar-refractivity contribution is 6.00. The molecule has 1 fully saturated rings. The summed E-state index contributed by atoms with van der Waals surface area (Å²) in [5.74, 6) is 0.0366. The average molecular weight is 378 g/mol. The van der Waals surface area contributed by atoms with E-state index in [9.17, 15) is 9.59 Å². The molecule has 7 nitrogen and oxygen atoms in total. The number of nitrogens with zero attached hydrogens (tertiary/aromatic N) is 3. The van der Waals surface area contributed by atoms with Crippen molar-refractivity contribution in [2.24, 2.45) is 0 Å². The summed E-state index contributed by atoms with van der Waals surface area (Å²) in [4.78, 5) is 30.6. The molecule has 144 valence electrons. The Hall–Kier alpha value is -3.22. The Labute approximate surface area is 162 Å². The van der Waals surface area contributed by atoms with Crippen LogP contribution in [0.15, 0.2) is 47.9 Å². The number of hydrogen-bond donors (Lipinski definition) is 2. The third kappa shape index (κ3) is 3.13. The molecule has 0 spiro atoms. The van der Waals surface area contributed by atoms with Crippen LogP contribution in [0.4, 0.5) is 5.82 Å². The van der Waals surface area contributed by atoms with Crippen LogP contribution < -0.4 is 21.2 Å². The summed E-state index contributed by atoms with van der Waals surface area (Å²) in [6.45, 7) is 4.12. The number of anilines is 1. The Kier molecular flexibility index (Phi) is 4.81. The highest BCUT2D eigenvalue weighted by atomic mass is 16.2.